The van der Waals surface area contributed by atoms with E-state index in [-0.39, 0.29) is 5.91 Å². The molecule has 1 amide bonds. The number of aromatic amines is 1. The predicted molar refractivity (Wildman–Crippen MR) is 109 cm³/mol. The molecule has 0 atom stereocenters. The molecule has 0 aliphatic heterocycles. The first-order valence-corrected chi connectivity index (χ1v) is 9.34. The summed E-state index contributed by atoms with van der Waals surface area (Å²) >= 11 is 1.56. The van der Waals surface area contributed by atoms with Crippen molar-refractivity contribution in [2.75, 3.05) is 12.4 Å². The minimum Gasteiger partial charge on any atom is -0.481 e. The summed E-state index contributed by atoms with van der Waals surface area (Å²) in [5.41, 5.74) is 3.58. The molecule has 140 valence electrons. The number of H-pyrrole nitrogens is 1. The number of pyridine rings is 2. The molecule has 0 spiro atoms. The van der Waals surface area contributed by atoms with Crippen LogP contribution in [0.25, 0.3) is 32.4 Å². The topological polar surface area (TPSA) is 92.8 Å². The lowest BCUT2D eigenvalue weighted by atomic mass is 10.1. The Morgan fingerprint density at radius 3 is 2.75 bits per heavy atom. The summed E-state index contributed by atoms with van der Waals surface area (Å²) in [4.78, 5) is 28.9. The van der Waals surface area contributed by atoms with Gasteiger partial charge in [-0.15, -0.1) is 11.3 Å². The van der Waals surface area contributed by atoms with Gasteiger partial charge >= 0.3 is 0 Å². The van der Waals surface area contributed by atoms with Gasteiger partial charge in [0.1, 0.15) is 10.8 Å². The van der Waals surface area contributed by atoms with Crippen LogP contribution in [-0.2, 0) is 4.79 Å². The fourth-order valence-electron chi connectivity index (χ4n) is 2.75. The highest BCUT2D eigenvalue weighted by atomic mass is 32.1. The van der Waals surface area contributed by atoms with Crippen molar-refractivity contribution in [1.82, 2.24) is 19.9 Å². The summed E-state index contributed by atoms with van der Waals surface area (Å²) in [6.45, 7) is 1.45. The van der Waals surface area contributed by atoms with Gasteiger partial charge in [-0.05, 0) is 30.3 Å². The maximum Gasteiger partial charge on any atom is 0.222 e. The van der Waals surface area contributed by atoms with Gasteiger partial charge in [-0.2, -0.15) is 0 Å². The molecule has 0 aliphatic rings. The second kappa shape index (κ2) is 7.61. The van der Waals surface area contributed by atoms with Crippen molar-refractivity contribution in [3.63, 3.8) is 0 Å². The van der Waals surface area contributed by atoms with E-state index in [2.05, 4.69) is 20.3 Å². The summed E-state index contributed by atoms with van der Waals surface area (Å²) < 4.78 is 5.15. The molecule has 28 heavy (non-hydrogen) atoms. The molecule has 4 aromatic rings. The average molecular weight is 391 g/mol. The van der Waals surface area contributed by atoms with Crippen molar-refractivity contribution < 1.29 is 9.53 Å². The van der Waals surface area contributed by atoms with Crippen molar-refractivity contribution >= 4 is 23.1 Å². The lowest BCUT2D eigenvalue weighted by Crippen LogP contribution is -2.07. The highest BCUT2D eigenvalue weighted by molar-refractivity contribution is 7.18. The van der Waals surface area contributed by atoms with E-state index in [1.165, 1.54) is 6.92 Å². The Kier molecular flexibility index (Phi) is 4.86. The number of ether oxygens (including phenoxy) is 1. The van der Waals surface area contributed by atoms with Crippen LogP contribution < -0.4 is 10.1 Å². The van der Waals surface area contributed by atoms with E-state index in [9.17, 15) is 4.79 Å². The quantitative estimate of drug-likeness (QED) is 0.531. The zero-order chi connectivity index (χ0) is 19.5. The van der Waals surface area contributed by atoms with Gasteiger partial charge < -0.3 is 15.0 Å². The van der Waals surface area contributed by atoms with E-state index in [0.717, 1.165) is 32.4 Å². The van der Waals surface area contributed by atoms with Gasteiger partial charge in [0, 0.05) is 42.7 Å². The van der Waals surface area contributed by atoms with E-state index >= 15 is 0 Å². The largest absolute Gasteiger partial charge is 0.481 e. The van der Waals surface area contributed by atoms with Crippen molar-refractivity contribution in [2.24, 2.45) is 0 Å². The molecule has 0 fully saturated rings. The van der Waals surface area contributed by atoms with Gasteiger partial charge in [-0.3, -0.25) is 4.79 Å². The standard InChI is InChI=1S/C20H17N5O2S/c1-12(26)24-16-10-13(7-9-22-16)20-25-18(14-5-6-17(27-2)23-11-14)19(28-20)15-4-3-8-21-15/h3-11,21H,1-2H3,(H,22,24,26). The summed E-state index contributed by atoms with van der Waals surface area (Å²) in [5.74, 6) is 0.879. The van der Waals surface area contributed by atoms with Crippen LogP contribution in [0, 0.1) is 0 Å². The number of hydrogen-bond donors (Lipinski definition) is 2. The third kappa shape index (κ3) is 3.63. The maximum atomic E-state index is 11.3. The highest BCUT2D eigenvalue weighted by Crippen LogP contribution is 2.40. The van der Waals surface area contributed by atoms with Crippen LogP contribution in [0.2, 0.25) is 0 Å². The van der Waals surface area contributed by atoms with Gasteiger partial charge in [-0.1, -0.05) is 0 Å². The Balaban J connectivity index is 1.80. The van der Waals surface area contributed by atoms with Crippen LogP contribution in [0.4, 0.5) is 5.82 Å². The second-order valence-corrected chi connectivity index (χ2v) is 6.98. The summed E-state index contributed by atoms with van der Waals surface area (Å²) in [6.07, 6.45) is 5.29. The van der Waals surface area contributed by atoms with Gasteiger partial charge in [0.25, 0.3) is 0 Å². The Bertz CT molecular complexity index is 1100. The lowest BCUT2D eigenvalue weighted by molar-refractivity contribution is -0.114. The normalized spacial score (nSPS) is 10.6. The molecule has 0 radical (unpaired) electrons. The van der Waals surface area contributed by atoms with Crippen molar-refractivity contribution in [3.05, 3.63) is 55.0 Å². The van der Waals surface area contributed by atoms with Crippen LogP contribution in [0.5, 0.6) is 5.88 Å². The molecule has 8 heteroatoms. The zero-order valence-corrected chi connectivity index (χ0v) is 16.1. The van der Waals surface area contributed by atoms with E-state index in [1.54, 1.807) is 30.8 Å². The molecular formula is C20H17N5O2S. The molecule has 0 saturated carbocycles. The monoisotopic (exact) mass is 391 g/mol. The number of nitrogens with one attached hydrogen (secondary N) is 2. The number of thiazole rings is 1. The molecule has 7 nitrogen and oxygen atoms in total. The Morgan fingerprint density at radius 1 is 1.18 bits per heavy atom. The number of rotatable bonds is 5. The number of carbonyl (C=O) groups is 1. The van der Waals surface area contributed by atoms with Crippen LogP contribution in [0.3, 0.4) is 0 Å². The smallest absolute Gasteiger partial charge is 0.222 e. The molecule has 0 saturated heterocycles. The lowest BCUT2D eigenvalue weighted by Gasteiger charge is -2.03. The number of hydrogen-bond acceptors (Lipinski definition) is 6. The van der Waals surface area contributed by atoms with Gasteiger partial charge in [0.05, 0.1) is 23.4 Å². The number of amides is 1. The van der Waals surface area contributed by atoms with Gasteiger partial charge in [-0.25, -0.2) is 15.0 Å². The van der Waals surface area contributed by atoms with Crippen LogP contribution in [0.15, 0.2) is 55.0 Å². The fraction of sp³-hybridized carbons (Fsp3) is 0.100. The number of carbonyl (C=O) groups excluding carboxylic acids is 1. The number of nitrogens with zero attached hydrogens (tertiary/aromatic N) is 3. The first-order valence-electron chi connectivity index (χ1n) is 8.53. The molecule has 0 unspecified atom stereocenters. The molecule has 0 bridgehead atoms. The minimum atomic E-state index is -0.166. The molecule has 4 rings (SSSR count). The van der Waals surface area contributed by atoms with Gasteiger partial charge in [0.2, 0.25) is 11.8 Å². The first-order chi connectivity index (χ1) is 13.6. The summed E-state index contributed by atoms with van der Waals surface area (Å²) in [5, 5.41) is 3.53. The van der Waals surface area contributed by atoms with E-state index < -0.39 is 0 Å². The van der Waals surface area contributed by atoms with Crippen molar-refractivity contribution in [1.29, 1.82) is 0 Å². The molecule has 4 aromatic heterocycles. The third-order valence-corrected chi connectivity index (χ3v) is 5.14. The molecule has 0 aliphatic carbocycles. The molecule has 0 aromatic carbocycles. The molecule has 2 N–H and O–H groups in total. The SMILES string of the molecule is COc1ccc(-c2nc(-c3ccnc(NC(C)=O)c3)sc2-c2ccc[nH]2)cn1. The zero-order valence-electron chi connectivity index (χ0n) is 15.3. The Hall–Kier alpha value is -3.52. The van der Waals surface area contributed by atoms with Crippen LogP contribution in [-0.4, -0.2) is 33.0 Å². The number of anilines is 1. The van der Waals surface area contributed by atoms with Gasteiger partial charge in [0.15, 0.2) is 0 Å². The molecular weight excluding hydrogens is 374 g/mol. The van der Waals surface area contributed by atoms with Crippen molar-refractivity contribution in [3.8, 4) is 38.3 Å². The van der Waals surface area contributed by atoms with Crippen molar-refractivity contribution in [2.45, 2.75) is 6.92 Å². The summed E-state index contributed by atoms with van der Waals surface area (Å²) in [6, 6.07) is 11.4. The maximum absolute atomic E-state index is 11.3. The fourth-order valence-corrected chi connectivity index (χ4v) is 3.82. The first kappa shape index (κ1) is 17.9. The predicted octanol–water partition coefficient (Wildman–Crippen LogP) is 4.23. The Labute approximate surface area is 165 Å². The highest BCUT2D eigenvalue weighted by Gasteiger charge is 2.17. The minimum absolute atomic E-state index is 0.166. The third-order valence-electron chi connectivity index (χ3n) is 4.00. The summed E-state index contributed by atoms with van der Waals surface area (Å²) in [7, 11) is 1.59. The average Bonchev–Trinajstić information content (AvgIpc) is 3.37. The van der Waals surface area contributed by atoms with Crippen LogP contribution >= 0.6 is 11.3 Å². The van der Waals surface area contributed by atoms with E-state index in [0.29, 0.717) is 11.7 Å². The van der Waals surface area contributed by atoms with Crippen LogP contribution in [0.1, 0.15) is 6.92 Å². The van der Waals surface area contributed by atoms with E-state index in [4.69, 9.17) is 9.72 Å². The number of aromatic nitrogens is 4. The second-order valence-electron chi connectivity index (χ2n) is 5.98. The van der Waals surface area contributed by atoms with E-state index in [1.807, 2.05) is 42.6 Å². The molecule has 4 heterocycles. The Morgan fingerprint density at radius 2 is 2.07 bits per heavy atom. The number of methoxy groups -OCH3 is 1.